The molecule has 0 aromatic carbocycles. The summed E-state index contributed by atoms with van der Waals surface area (Å²) in [7, 11) is 0. The van der Waals surface area contributed by atoms with Gasteiger partial charge in [-0.15, -0.1) is 0 Å². The predicted octanol–water partition coefficient (Wildman–Crippen LogP) is 2.78. The maximum atomic E-state index is 11.5. The van der Waals surface area contributed by atoms with E-state index in [1.54, 1.807) is 12.5 Å². The smallest absolute Gasteiger partial charge is 0.220 e. The number of nitrogens with one attached hydrogen (secondary N) is 2. The Hall–Kier alpha value is -1.32. The van der Waals surface area contributed by atoms with Crippen molar-refractivity contribution in [3.05, 3.63) is 18.2 Å². The summed E-state index contributed by atoms with van der Waals surface area (Å²) < 4.78 is 0. The molecule has 4 heteroatoms. The van der Waals surface area contributed by atoms with E-state index < -0.39 is 0 Å². The fraction of sp³-hybridized carbons (Fsp3) is 0.692. The fourth-order valence-corrected chi connectivity index (χ4v) is 1.73. The first-order valence-corrected chi connectivity index (χ1v) is 6.57. The SMILES string of the molecule is CCCCCCCCC(=O)NCc1cnc[nH]1. The van der Waals surface area contributed by atoms with Crippen LogP contribution in [0.15, 0.2) is 12.5 Å². The average Bonchev–Trinajstić information content (AvgIpc) is 2.84. The largest absolute Gasteiger partial charge is 0.350 e. The van der Waals surface area contributed by atoms with Crippen molar-refractivity contribution in [1.29, 1.82) is 0 Å². The molecule has 1 amide bonds. The Bertz CT molecular complexity index is 296. The molecule has 1 aromatic rings. The van der Waals surface area contributed by atoms with E-state index in [1.165, 1.54) is 25.7 Å². The van der Waals surface area contributed by atoms with Crippen LogP contribution < -0.4 is 5.32 Å². The second-order valence-electron chi connectivity index (χ2n) is 4.37. The maximum absolute atomic E-state index is 11.5. The summed E-state index contributed by atoms with van der Waals surface area (Å²) in [6.07, 6.45) is 11.3. The molecule has 0 atom stereocenters. The highest BCUT2D eigenvalue weighted by molar-refractivity contribution is 5.75. The summed E-state index contributed by atoms with van der Waals surface area (Å²) >= 11 is 0. The molecule has 0 spiro atoms. The van der Waals surface area contributed by atoms with E-state index in [4.69, 9.17) is 0 Å². The molecule has 1 heterocycles. The highest BCUT2D eigenvalue weighted by Gasteiger charge is 2.01. The Morgan fingerprint density at radius 1 is 1.29 bits per heavy atom. The third-order valence-electron chi connectivity index (χ3n) is 2.79. The zero-order valence-electron chi connectivity index (χ0n) is 10.7. The van der Waals surface area contributed by atoms with Gasteiger partial charge in [0.25, 0.3) is 0 Å². The molecule has 0 saturated heterocycles. The van der Waals surface area contributed by atoms with E-state index in [0.29, 0.717) is 13.0 Å². The summed E-state index contributed by atoms with van der Waals surface area (Å²) in [5.74, 6) is 0.134. The van der Waals surface area contributed by atoms with Crippen LogP contribution in [0.4, 0.5) is 0 Å². The topological polar surface area (TPSA) is 57.8 Å². The lowest BCUT2D eigenvalue weighted by Gasteiger charge is -2.03. The number of H-pyrrole nitrogens is 1. The Morgan fingerprint density at radius 3 is 2.76 bits per heavy atom. The number of aromatic nitrogens is 2. The first kappa shape index (κ1) is 13.7. The number of carbonyl (C=O) groups is 1. The summed E-state index contributed by atoms with van der Waals surface area (Å²) in [6, 6.07) is 0. The van der Waals surface area contributed by atoms with Gasteiger partial charge in [0, 0.05) is 12.6 Å². The number of nitrogens with zero attached hydrogens (tertiary/aromatic N) is 1. The minimum atomic E-state index is 0.134. The minimum absolute atomic E-state index is 0.134. The number of hydrogen-bond acceptors (Lipinski definition) is 2. The lowest BCUT2D eigenvalue weighted by Crippen LogP contribution is -2.22. The van der Waals surface area contributed by atoms with Crippen molar-refractivity contribution in [3.63, 3.8) is 0 Å². The van der Waals surface area contributed by atoms with Gasteiger partial charge in [0.15, 0.2) is 0 Å². The fourth-order valence-electron chi connectivity index (χ4n) is 1.73. The summed E-state index contributed by atoms with van der Waals surface area (Å²) in [5.41, 5.74) is 0.946. The molecule has 0 radical (unpaired) electrons. The molecule has 0 aliphatic carbocycles. The van der Waals surface area contributed by atoms with Crippen LogP contribution in [0.25, 0.3) is 0 Å². The van der Waals surface area contributed by atoms with Gasteiger partial charge in [-0.1, -0.05) is 39.0 Å². The number of amides is 1. The molecule has 17 heavy (non-hydrogen) atoms. The van der Waals surface area contributed by atoms with Gasteiger partial charge in [0.2, 0.25) is 5.91 Å². The Morgan fingerprint density at radius 2 is 2.06 bits per heavy atom. The van der Waals surface area contributed by atoms with Gasteiger partial charge in [-0.05, 0) is 6.42 Å². The van der Waals surface area contributed by atoms with E-state index in [1.807, 2.05) is 0 Å². The van der Waals surface area contributed by atoms with Crippen LogP contribution in [0.3, 0.4) is 0 Å². The van der Waals surface area contributed by atoms with Crippen LogP contribution in [0, 0.1) is 0 Å². The van der Waals surface area contributed by atoms with E-state index >= 15 is 0 Å². The first-order chi connectivity index (χ1) is 8.33. The van der Waals surface area contributed by atoms with Gasteiger partial charge in [0.1, 0.15) is 0 Å². The minimum Gasteiger partial charge on any atom is -0.350 e. The number of carbonyl (C=O) groups excluding carboxylic acids is 1. The number of rotatable bonds is 9. The van der Waals surface area contributed by atoms with Crippen LogP contribution in [0.5, 0.6) is 0 Å². The molecule has 4 nitrogen and oxygen atoms in total. The van der Waals surface area contributed by atoms with Crippen LogP contribution in [0.2, 0.25) is 0 Å². The molecular formula is C13H23N3O. The molecule has 0 aliphatic heterocycles. The average molecular weight is 237 g/mol. The van der Waals surface area contributed by atoms with Gasteiger partial charge >= 0.3 is 0 Å². The number of imidazole rings is 1. The third-order valence-corrected chi connectivity index (χ3v) is 2.79. The molecule has 0 unspecified atom stereocenters. The second-order valence-corrected chi connectivity index (χ2v) is 4.37. The lowest BCUT2D eigenvalue weighted by atomic mass is 10.1. The number of aromatic amines is 1. The molecule has 0 saturated carbocycles. The Balaban J connectivity index is 1.94. The highest BCUT2D eigenvalue weighted by Crippen LogP contribution is 2.06. The molecule has 0 fully saturated rings. The van der Waals surface area contributed by atoms with Crippen molar-refractivity contribution in [2.75, 3.05) is 0 Å². The van der Waals surface area contributed by atoms with E-state index in [0.717, 1.165) is 18.5 Å². The Kier molecular flexibility index (Phi) is 7.11. The van der Waals surface area contributed by atoms with Gasteiger partial charge < -0.3 is 10.3 Å². The molecular weight excluding hydrogens is 214 g/mol. The molecule has 1 aromatic heterocycles. The van der Waals surface area contributed by atoms with Gasteiger partial charge in [-0.2, -0.15) is 0 Å². The monoisotopic (exact) mass is 237 g/mol. The van der Waals surface area contributed by atoms with Crippen molar-refractivity contribution < 1.29 is 4.79 Å². The highest BCUT2D eigenvalue weighted by atomic mass is 16.1. The van der Waals surface area contributed by atoms with Gasteiger partial charge in [0.05, 0.1) is 18.6 Å². The zero-order valence-corrected chi connectivity index (χ0v) is 10.7. The van der Waals surface area contributed by atoms with Crippen molar-refractivity contribution in [2.24, 2.45) is 0 Å². The third kappa shape index (κ3) is 6.76. The summed E-state index contributed by atoms with van der Waals surface area (Å²) in [4.78, 5) is 18.3. The van der Waals surface area contributed by atoms with Crippen LogP contribution in [0.1, 0.15) is 57.6 Å². The normalized spacial score (nSPS) is 10.4. The molecule has 2 N–H and O–H groups in total. The predicted molar refractivity (Wildman–Crippen MR) is 68.4 cm³/mol. The molecule has 1 rings (SSSR count). The number of hydrogen-bond donors (Lipinski definition) is 2. The van der Waals surface area contributed by atoms with Crippen molar-refractivity contribution >= 4 is 5.91 Å². The summed E-state index contributed by atoms with van der Waals surface area (Å²) in [6.45, 7) is 2.76. The van der Waals surface area contributed by atoms with Crippen molar-refractivity contribution in [2.45, 2.75) is 58.4 Å². The van der Waals surface area contributed by atoms with Crippen molar-refractivity contribution in [1.82, 2.24) is 15.3 Å². The van der Waals surface area contributed by atoms with E-state index in [2.05, 4.69) is 22.2 Å². The van der Waals surface area contributed by atoms with Gasteiger partial charge in [-0.3, -0.25) is 4.79 Å². The van der Waals surface area contributed by atoms with Gasteiger partial charge in [-0.25, -0.2) is 4.98 Å². The molecule has 0 bridgehead atoms. The molecule has 96 valence electrons. The Labute approximate surface area is 103 Å². The zero-order chi connectivity index (χ0) is 12.3. The number of unbranched alkanes of at least 4 members (excludes halogenated alkanes) is 5. The maximum Gasteiger partial charge on any atom is 0.220 e. The standard InChI is InChI=1S/C13H23N3O/c1-2-3-4-5-6-7-8-13(17)15-10-12-9-14-11-16-12/h9,11H,2-8,10H2,1H3,(H,14,16)(H,15,17). The first-order valence-electron chi connectivity index (χ1n) is 6.57. The van der Waals surface area contributed by atoms with Crippen LogP contribution in [-0.2, 0) is 11.3 Å². The van der Waals surface area contributed by atoms with Crippen LogP contribution in [-0.4, -0.2) is 15.9 Å². The van der Waals surface area contributed by atoms with E-state index in [9.17, 15) is 4.79 Å². The lowest BCUT2D eigenvalue weighted by molar-refractivity contribution is -0.121. The quantitative estimate of drug-likeness (QED) is 0.649. The second kappa shape index (κ2) is 8.79. The molecule has 0 aliphatic rings. The van der Waals surface area contributed by atoms with Crippen LogP contribution >= 0.6 is 0 Å². The van der Waals surface area contributed by atoms with Crippen molar-refractivity contribution in [3.8, 4) is 0 Å². The van der Waals surface area contributed by atoms with E-state index in [-0.39, 0.29) is 5.91 Å². The summed E-state index contributed by atoms with van der Waals surface area (Å²) in [5, 5.41) is 2.88.